The molecule has 0 atom stereocenters. The molecule has 0 N–H and O–H groups in total. The van der Waals surface area contributed by atoms with E-state index < -0.39 is 0 Å². The van der Waals surface area contributed by atoms with Crippen molar-refractivity contribution in [3.63, 3.8) is 0 Å². The van der Waals surface area contributed by atoms with Crippen LogP contribution in [-0.2, 0) is 0 Å². The van der Waals surface area contributed by atoms with Crippen LogP contribution in [0.25, 0.3) is 72.8 Å². The average Bonchev–Trinajstić information content (AvgIpc) is 3.54. The minimum absolute atomic E-state index is 0.863. The van der Waals surface area contributed by atoms with Gasteiger partial charge in [0.15, 0.2) is 0 Å². The van der Waals surface area contributed by atoms with Gasteiger partial charge in [-0.05, 0) is 86.3 Å². The molecule has 0 amide bonds. The molecule has 8 aromatic rings. The normalized spacial score (nSPS) is 11.8. The molecule has 0 aliphatic heterocycles. The smallest absolute Gasteiger partial charge is 0.149 e. The van der Waals surface area contributed by atoms with Crippen molar-refractivity contribution >= 4 is 39.0 Å². The van der Waals surface area contributed by atoms with Gasteiger partial charge in [0.05, 0.1) is 5.52 Å². The lowest BCUT2D eigenvalue weighted by Crippen LogP contribution is -2.02. The standard InChI is InChI=1S/C42H34N4/c1-5-13-34-29(4)45(33-19-12-18-32(24-33)30-14-8-6-9-15-30)41-36(34)25-37-35-22-27(2)20-21-39(35)46(42(37)44-41)40-23-28(3)38(26-43-40)31-16-10-7-11-17-31/h5-26H,1-4H3/b13-5+. The molecule has 4 nitrogen and oxygen atoms in total. The molecule has 0 aliphatic carbocycles. The van der Waals surface area contributed by atoms with Crippen LogP contribution >= 0.6 is 0 Å². The molecule has 4 heterocycles. The van der Waals surface area contributed by atoms with Crippen molar-refractivity contribution in [2.75, 3.05) is 0 Å². The quantitative estimate of drug-likeness (QED) is 0.199. The molecule has 0 fully saturated rings. The lowest BCUT2D eigenvalue weighted by Gasteiger charge is -2.12. The van der Waals surface area contributed by atoms with Crippen LogP contribution in [0.15, 0.2) is 128 Å². The third-order valence-corrected chi connectivity index (χ3v) is 9.06. The van der Waals surface area contributed by atoms with Crippen molar-refractivity contribution in [1.29, 1.82) is 0 Å². The van der Waals surface area contributed by atoms with Crippen LogP contribution in [0.4, 0.5) is 0 Å². The van der Waals surface area contributed by atoms with E-state index in [1.54, 1.807) is 0 Å². The Labute approximate surface area is 268 Å². The van der Waals surface area contributed by atoms with Crippen molar-refractivity contribution in [1.82, 2.24) is 19.1 Å². The summed E-state index contributed by atoms with van der Waals surface area (Å²) in [5.41, 5.74) is 13.4. The summed E-state index contributed by atoms with van der Waals surface area (Å²) in [6.07, 6.45) is 6.32. The highest BCUT2D eigenvalue weighted by Crippen LogP contribution is 2.38. The second-order valence-corrected chi connectivity index (χ2v) is 12.1. The number of pyridine rings is 2. The Kier molecular flexibility index (Phi) is 6.65. The molecule has 0 spiro atoms. The number of aryl methyl sites for hydroxylation is 2. The van der Waals surface area contributed by atoms with E-state index in [0.29, 0.717) is 0 Å². The van der Waals surface area contributed by atoms with Gasteiger partial charge in [-0.3, -0.25) is 9.13 Å². The van der Waals surface area contributed by atoms with Crippen molar-refractivity contribution in [3.05, 3.63) is 150 Å². The average molecular weight is 595 g/mol. The van der Waals surface area contributed by atoms with Gasteiger partial charge < -0.3 is 0 Å². The maximum Gasteiger partial charge on any atom is 0.149 e. The second kappa shape index (κ2) is 11.0. The molecule has 0 radical (unpaired) electrons. The van der Waals surface area contributed by atoms with Crippen LogP contribution in [0.2, 0.25) is 0 Å². The number of rotatable bonds is 5. The Hall–Kier alpha value is -5.74. The van der Waals surface area contributed by atoms with Crippen LogP contribution in [-0.4, -0.2) is 19.1 Å². The third-order valence-electron chi connectivity index (χ3n) is 9.06. The lowest BCUT2D eigenvalue weighted by atomic mass is 10.0. The first-order chi connectivity index (χ1) is 22.5. The maximum atomic E-state index is 5.53. The molecule has 4 aromatic heterocycles. The molecule has 4 aromatic carbocycles. The molecule has 0 saturated carbocycles. The van der Waals surface area contributed by atoms with E-state index in [0.717, 1.165) is 50.3 Å². The van der Waals surface area contributed by atoms with Gasteiger partial charge in [-0.15, -0.1) is 0 Å². The molecule has 222 valence electrons. The number of benzene rings is 4. The van der Waals surface area contributed by atoms with Gasteiger partial charge in [-0.2, -0.15) is 0 Å². The van der Waals surface area contributed by atoms with Gasteiger partial charge in [0, 0.05) is 44.9 Å². The SMILES string of the molecule is C/C=C/c1c(C)n(-c2cccc(-c3ccccc3)c2)c2nc3c(cc12)c1cc(C)ccc1n3-c1cc(C)c(-c2ccccc2)cn1. The number of hydrogen-bond acceptors (Lipinski definition) is 2. The van der Waals surface area contributed by atoms with Gasteiger partial charge in [-0.25, -0.2) is 9.97 Å². The van der Waals surface area contributed by atoms with E-state index in [1.807, 2.05) is 12.3 Å². The van der Waals surface area contributed by atoms with E-state index in [1.165, 1.54) is 38.8 Å². The summed E-state index contributed by atoms with van der Waals surface area (Å²) < 4.78 is 4.54. The number of aromatic nitrogens is 4. The Morgan fingerprint density at radius 2 is 1.33 bits per heavy atom. The van der Waals surface area contributed by atoms with Gasteiger partial charge in [0.1, 0.15) is 17.1 Å². The van der Waals surface area contributed by atoms with E-state index in [-0.39, 0.29) is 0 Å². The first-order valence-corrected chi connectivity index (χ1v) is 15.8. The van der Waals surface area contributed by atoms with Gasteiger partial charge in [-0.1, -0.05) is 96.6 Å². The van der Waals surface area contributed by atoms with E-state index >= 15 is 0 Å². The van der Waals surface area contributed by atoms with E-state index in [4.69, 9.17) is 9.97 Å². The fourth-order valence-corrected chi connectivity index (χ4v) is 6.84. The predicted octanol–water partition coefficient (Wildman–Crippen LogP) is 10.8. The van der Waals surface area contributed by atoms with Gasteiger partial charge >= 0.3 is 0 Å². The molecule has 46 heavy (non-hydrogen) atoms. The minimum Gasteiger partial charge on any atom is -0.298 e. The summed E-state index contributed by atoms with van der Waals surface area (Å²) in [5.74, 6) is 0.863. The van der Waals surface area contributed by atoms with Gasteiger partial charge in [0.25, 0.3) is 0 Å². The Bertz CT molecular complexity index is 2440. The Morgan fingerprint density at radius 1 is 0.609 bits per heavy atom. The molecule has 0 aliphatic rings. The summed E-state index contributed by atoms with van der Waals surface area (Å²) in [4.78, 5) is 10.6. The van der Waals surface area contributed by atoms with Crippen molar-refractivity contribution < 1.29 is 0 Å². The molecular weight excluding hydrogens is 560 g/mol. The molecule has 0 saturated heterocycles. The van der Waals surface area contributed by atoms with Crippen LogP contribution < -0.4 is 0 Å². The molecule has 4 heteroatoms. The lowest BCUT2D eigenvalue weighted by molar-refractivity contribution is 1.02. The van der Waals surface area contributed by atoms with E-state index in [9.17, 15) is 0 Å². The summed E-state index contributed by atoms with van der Waals surface area (Å²) in [6, 6.07) is 40.9. The predicted molar refractivity (Wildman–Crippen MR) is 193 cm³/mol. The fraction of sp³-hybridized carbons (Fsp3) is 0.0952. The van der Waals surface area contributed by atoms with Crippen LogP contribution in [0, 0.1) is 20.8 Å². The molecular formula is C42H34N4. The van der Waals surface area contributed by atoms with E-state index in [2.05, 4.69) is 158 Å². The largest absolute Gasteiger partial charge is 0.298 e. The highest BCUT2D eigenvalue weighted by atomic mass is 15.1. The highest BCUT2D eigenvalue weighted by Gasteiger charge is 2.21. The first kappa shape index (κ1) is 27.8. The zero-order chi connectivity index (χ0) is 31.4. The van der Waals surface area contributed by atoms with Crippen molar-refractivity contribution in [2.24, 2.45) is 0 Å². The van der Waals surface area contributed by atoms with Crippen molar-refractivity contribution in [2.45, 2.75) is 27.7 Å². The maximum absolute atomic E-state index is 5.53. The number of nitrogens with zero attached hydrogens (tertiary/aromatic N) is 4. The molecule has 0 bridgehead atoms. The zero-order valence-corrected chi connectivity index (χ0v) is 26.5. The van der Waals surface area contributed by atoms with Crippen LogP contribution in [0.3, 0.4) is 0 Å². The number of hydrogen-bond donors (Lipinski definition) is 0. The van der Waals surface area contributed by atoms with Crippen LogP contribution in [0.5, 0.6) is 0 Å². The monoisotopic (exact) mass is 594 g/mol. The molecule has 0 unspecified atom stereocenters. The topological polar surface area (TPSA) is 35.6 Å². The fourth-order valence-electron chi connectivity index (χ4n) is 6.84. The first-order valence-electron chi connectivity index (χ1n) is 15.8. The third kappa shape index (κ3) is 4.45. The highest BCUT2D eigenvalue weighted by molar-refractivity contribution is 6.12. The Morgan fingerprint density at radius 3 is 2.07 bits per heavy atom. The number of allylic oxidation sites excluding steroid dienone is 1. The van der Waals surface area contributed by atoms with Crippen molar-refractivity contribution in [3.8, 4) is 33.8 Å². The summed E-state index contributed by atoms with van der Waals surface area (Å²) in [6.45, 7) is 8.58. The Balaban J connectivity index is 1.42. The zero-order valence-electron chi connectivity index (χ0n) is 26.5. The summed E-state index contributed by atoms with van der Waals surface area (Å²) in [5, 5.41) is 3.44. The summed E-state index contributed by atoms with van der Waals surface area (Å²) >= 11 is 0. The summed E-state index contributed by atoms with van der Waals surface area (Å²) in [7, 11) is 0. The minimum atomic E-state index is 0.863. The molecule has 8 rings (SSSR count). The van der Waals surface area contributed by atoms with Crippen LogP contribution in [0.1, 0.15) is 29.3 Å². The van der Waals surface area contributed by atoms with Gasteiger partial charge in [0.2, 0.25) is 0 Å². The second-order valence-electron chi connectivity index (χ2n) is 12.1. The number of fused-ring (bicyclic) bond motifs is 4.